The Balaban J connectivity index is 1.64. The van der Waals surface area contributed by atoms with Crippen LogP contribution in [0.25, 0.3) is 10.9 Å². The van der Waals surface area contributed by atoms with Gasteiger partial charge in [-0.25, -0.2) is 14.4 Å². The SMILES string of the molecule is COc1cc2ncnc(Nc3ccc(Cl)cc3F)c2cc1OCC1CNCCO1. The number of hydrogen-bond acceptors (Lipinski definition) is 7. The van der Waals surface area contributed by atoms with Gasteiger partial charge >= 0.3 is 0 Å². The highest BCUT2D eigenvalue weighted by atomic mass is 35.5. The van der Waals surface area contributed by atoms with Crippen LogP contribution < -0.4 is 20.1 Å². The molecule has 0 aliphatic carbocycles. The Morgan fingerprint density at radius 3 is 2.93 bits per heavy atom. The fourth-order valence-corrected chi connectivity index (χ4v) is 3.22. The zero-order valence-corrected chi connectivity index (χ0v) is 16.5. The fourth-order valence-electron chi connectivity index (χ4n) is 3.06. The molecule has 2 heterocycles. The van der Waals surface area contributed by atoms with Gasteiger partial charge in [-0.15, -0.1) is 0 Å². The van der Waals surface area contributed by atoms with E-state index in [2.05, 4.69) is 20.6 Å². The van der Waals surface area contributed by atoms with Gasteiger partial charge < -0.3 is 24.8 Å². The van der Waals surface area contributed by atoms with E-state index in [0.717, 1.165) is 13.1 Å². The maximum Gasteiger partial charge on any atom is 0.162 e. The third-order valence-corrected chi connectivity index (χ3v) is 4.77. The molecule has 4 rings (SSSR count). The van der Waals surface area contributed by atoms with Crippen molar-refractivity contribution in [2.45, 2.75) is 6.10 Å². The first-order valence-corrected chi connectivity index (χ1v) is 9.52. The van der Waals surface area contributed by atoms with Crippen molar-refractivity contribution in [2.75, 3.05) is 38.7 Å². The lowest BCUT2D eigenvalue weighted by Crippen LogP contribution is -2.41. The third kappa shape index (κ3) is 4.50. The van der Waals surface area contributed by atoms with E-state index in [9.17, 15) is 4.39 Å². The first-order chi connectivity index (χ1) is 14.1. The van der Waals surface area contributed by atoms with E-state index in [-0.39, 0.29) is 11.8 Å². The van der Waals surface area contributed by atoms with Crippen LogP contribution in [-0.4, -0.2) is 49.5 Å². The number of fused-ring (bicyclic) bond motifs is 1. The molecule has 0 saturated carbocycles. The number of morpholine rings is 1. The van der Waals surface area contributed by atoms with Crippen LogP contribution in [0.2, 0.25) is 5.02 Å². The Kier molecular flexibility index (Phi) is 5.94. The maximum absolute atomic E-state index is 14.2. The van der Waals surface area contributed by atoms with Crippen molar-refractivity contribution in [2.24, 2.45) is 0 Å². The van der Waals surface area contributed by atoms with Crippen LogP contribution in [0.5, 0.6) is 11.5 Å². The third-order valence-electron chi connectivity index (χ3n) is 4.53. The molecule has 1 fully saturated rings. The number of methoxy groups -OCH3 is 1. The lowest BCUT2D eigenvalue weighted by molar-refractivity contribution is -0.000232. The second kappa shape index (κ2) is 8.77. The molecule has 3 aromatic rings. The van der Waals surface area contributed by atoms with Crippen LogP contribution in [-0.2, 0) is 4.74 Å². The Hall–Kier alpha value is -2.68. The number of rotatable bonds is 6. The minimum Gasteiger partial charge on any atom is -0.493 e. The predicted octanol–water partition coefficient (Wildman–Crippen LogP) is 3.54. The van der Waals surface area contributed by atoms with Crippen LogP contribution in [0.1, 0.15) is 0 Å². The number of nitrogens with one attached hydrogen (secondary N) is 2. The van der Waals surface area contributed by atoms with E-state index in [1.807, 2.05) is 0 Å². The Morgan fingerprint density at radius 1 is 1.28 bits per heavy atom. The van der Waals surface area contributed by atoms with Crippen LogP contribution in [0.15, 0.2) is 36.7 Å². The first kappa shape index (κ1) is 19.6. The normalized spacial score (nSPS) is 16.6. The summed E-state index contributed by atoms with van der Waals surface area (Å²) in [4.78, 5) is 8.54. The average Bonchev–Trinajstić information content (AvgIpc) is 2.74. The number of nitrogens with zero attached hydrogens (tertiary/aromatic N) is 2. The maximum atomic E-state index is 14.2. The molecule has 9 heteroatoms. The van der Waals surface area contributed by atoms with Crippen LogP contribution in [0, 0.1) is 5.82 Å². The zero-order valence-electron chi connectivity index (χ0n) is 15.7. The molecule has 1 saturated heterocycles. The Labute approximate surface area is 172 Å². The quantitative estimate of drug-likeness (QED) is 0.634. The van der Waals surface area contributed by atoms with E-state index >= 15 is 0 Å². The fraction of sp³-hybridized carbons (Fsp3) is 0.300. The first-order valence-electron chi connectivity index (χ1n) is 9.14. The highest BCUT2D eigenvalue weighted by Gasteiger charge is 2.17. The number of ether oxygens (including phenoxy) is 3. The number of aromatic nitrogens is 2. The smallest absolute Gasteiger partial charge is 0.162 e. The van der Waals surface area contributed by atoms with Gasteiger partial charge in [-0.1, -0.05) is 11.6 Å². The Bertz CT molecular complexity index is 1010. The van der Waals surface area contributed by atoms with Gasteiger partial charge in [0.05, 0.1) is 24.9 Å². The number of anilines is 2. The summed E-state index contributed by atoms with van der Waals surface area (Å²) in [6.07, 6.45) is 1.36. The second-order valence-electron chi connectivity index (χ2n) is 6.50. The molecule has 2 N–H and O–H groups in total. The topological polar surface area (TPSA) is 77.5 Å². The highest BCUT2D eigenvalue weighted by Crippen LogP contribution is 2.35. The molecule has 1 aromatic heterocycles. The summed E-state index contributed by atoms with van der Waals surface area (Å²) in [5, 5.41) is 7.25. The van der Waals surface area contributed by atoms with Crippen LogP contribution in [0.3, 0.4) is 0 Å². The number of hydrogen-bond donors (Lipinski definition) is 2. The van der Waals surface area contributed by atoms with Crippen LogP contribution >= 0.6 is 11.6 Å². The predicted molar refractivity (Wildman–Crippen MR) is 109 cm³/mol. The van der Waals surface area contributed by atoms with Gasteiger partial charge in [0.1, 0.15) is 30.7 Å². The minimum atomic E-state index is -0.476. The summed E-state index contributed by atoms with van der Waals surface area (Å²) < 4.78 is 31.3. The van der Waals surface area contributed by atoms with E-state index in [4.69, 9.17) is 25.8 Å². The van der Waals surface area contributed by atoms with Gasteiger partial charge in [-0.05, 0) is 24.3 Å². The van der Waals surface area contributed by atoms with Crippen molar-refractivity contribution in [3.05, 3.63) is 47.5 Å². The van der Waals surface area contributed by atoms with Crippen molar-refractivity contribution in [3.8, 4) is 11.5 Å². The van der Waals surface area contributed by atoms with Crippen molar-refractivity contribution >= 4 is 34.0 Å². The van der Waals surface area contributed by atoms with Crippen molar-refractivity contribution < 1.29 is 18.6 Å². The second-order valence-corrected chi connectivity index (χ2v) is 6.94. The summed E-state index contributed by atoms with van der Waals surface area (Å²) in [6, 6.07) is 7.94. The molecule has 1 aliphatic heterocycles. The average molecular weight is 419 g/mol. The van der Waals surface area contributed by atoms with E-state index in [1.54, 1.807) is 31.4 Å². The highest BCUT2D eigenvalue weighted by molar-refractivity contribution is 6.30. The van der Waals surface area contributed by atoms with E-state index in [1.165, 1.54) is 12.4 Å². The molecule has 0 amide bonds. The van der Waals surface area contributed by atoms with Gasteiger partial charge in [0.2, 0.25) is 0 Å². The molecular formula is C20H20ClFN4O3. The molecule has 0 bridgehead atoms. The van der Waals surface area contributed by atoms with Gasteiger partial charge in [0, 0.05) is 29.6 Å². The van der Waals surface area contributed by atoms with E-state index in [0.29, 0.717) is 46.5 Å². The Morgan fingerprint density at radius 2 is 2.17 bits per heavy atom. The molecule has 152 valence electrons. The zero-order chi connectivity index (χ0) is 20.2. The van der Waals surface area contributed by atoms with Gasteiger partial charge in [0.25, 0.3) is 0 Å². The molecule has 1 atom stereocenters. The van der Waals surface area contributed by atoms with Crippen molar-refractivity contribution in [3.63, 3.8) is 0 Å². The molecule has 1 unspecified atom stereocenters. The van der Waals surface area contributed by atoms with Crippen molar-refractivity contribution in [1.82, 2.24) is 15.3 Å². The standard InChI is InChI=1S/C20H20ClFN4O3/c1-27-18-8-17-14(7-19(18)29-10-13-9-23-4-5-28-13)20(25-11-24-17)26-16-3-2-12(21)6-15(16)22/h2-3,6-8,11,13,23H,4-5,9-10H2,1H3,(H,24,25,26). The molecule has 1 aliphatic rings. The van der Waals surface area contributed by atoms with Crippen molar-refractivity contribution in [1.29, 1.82) is 0 Å². The molecule has 7 nitrogen and oxygen atoms in total. The summed E-state index contributed by atoms with van der Waals surface area (Å²) >= 11 is 5.83. The minimum absolute atomic E-state index is 0.0445. The lowest BCUT2D eigenvalue weighted by Gasteiger charge is -2.24. The summed E-state index contributed by atoms with van der Waals surface area (Å²) in [6.45, 7) is 2.58. The number of halogens is 2. The van der Waals surface area contributed by atoms with Gasteiger partial charge in [-0.3, -0.25) is 0 Å². The summed E-state index contributed by atoms with van der Waals surface area (Å²) in [5.41, 5.74) is 0.894. The van der Waals surface area contributed by atoms with Crippen LogP contribution in [0.4, 0.5) is 15.9 Å². The van der Waals surface area contributed by atoms with Gasteiger partial charge in [-0.2, -0.15) is 0 Å². The largest absolute Gasteiger partial charge is 0.493 e. The molecule has 29 heavy (non-hydrogen) atoms. The summed E-state index contributed by atoms with van der Waals surface area (Å²) in [5.74, 6) is 1.04. The molecule has 2 aromatic carbocycles. The molecular weight excluding hydrogens is 399 g/mol. The van der Waals surface area contributed by atoms with Gasteiger partial charge in [0.15, 0.2) is 11.5 Å². The monoisotopic (exact) mass is 418 g/mol. The lowest BCUT2D eigenvalue weighted by atomic mass is 10.2. The summed E-state index contributed by atoms with van der Waals surface area (Å²) in [7, 11) is 1.57. The van der Waals surface area contributed by atoms with E-state index < -0.39 is 5.82 Å². The molecule has 0 radical (unpaired) electrons. The molecule has 0 spiro atoms. The number of benzene rings is 2.